The Bertz CT molecular complexity index is 899. The first-order valence-electron chi connectivity index (χ1n) is 8.60. The van der Waals surface area contributed by atoms with Crippen LogP contribution in [0.15, 0.2) is 34.9 Å². The highest BCUT2D eigenvalue weighted by atomic mass is 16.5. The van der Waals surface area contributed by atoms with Crippen molar-refractivity contribution in [3.8, 4) is 5.88 Å². The predicted octanol–water partition coefficient (Wildman–Crippen LogP) is 3.68. The number of anilines is 1. The second-order valence-corrected chi connectivity index (χ2v) is 5.81. The monoisotopic (exact) mass is 354 g/mol. The number of urea groups is 1. The summed E-state index contributed by atoms with van der Waals surface area (Å²) in [5.74, 6) is 1.37. The molecule has 0 spiro atoms. The van der Waals surface area contributed by atoms with Crippen molar-refractivity contribution in [3.63, 3.8) is 0 Å². The molecule has 0 saturated carbocycles. The van der Waals surface area contributed by atoms with E-state index in [0.717, 1.165) is 40.8 Å². The van der Waals surface area contributed by atoms with Gasteiger partial charge in [0.15, 0.2) is 0 Å². The van der Waals surface area contributed by atoms with Gasteiger partial charge in [0.1, 0.15) is 5.76 Å². The fraction of sp³-hybridized carbons (Fsp3) is 0.316. The number of carbonyl (C=O) groups excluding carboxylic acids is 1. The van der Waals surface area contributed by atoms with Crippen molar-refractivity contribution in [2.75, 3.05) is 12.4 Å². The van der Waals surface area contributed by atoms with Gasteiger partial charge in [-0.05, 0) is 30.7 Å². The zero-order chi connectivity index (χ0) is 18.5. The van der Waals surface area contributed by atoms with Crippen LogP contribution in [0, 0.1) is 0 Å². The molecule has 2 amide bonds. The largest absolute Gasteiger partial charge is 0.481 e. The number of hydrogen-bond donors (Lipinski definition) is 2. The Morgan fingerprint density at radius 3 is 2.77 bits per heavy atom. The molecule has 3 rings (SSSR count). The first-order valence-corrected chi connectivity index (χ1v) is 8.60. The summed E-state index contributed by atoms with van der Waals surface area (Å²) in [7, 11) is 1.58. The lowest BCUT2D eigenvalue weighted by atomic mass is 10.1. The topological polar surface area (TPSA) is 89.3 Å². The van der Waals surface area contributed by atoms with Crippen molar-refractivity contribution in [3.05, 3.63) is 47.3 Å². The molecule has 0 unspecified atom stereocenters. The maximum atomic E-state index is 12.2. The van der Waals surface area contributed by atoms with Crippen LogP contribution in [-0.2, 0) is 19.4 Å². The third kappa shape index (κ3) is 3.77. The van der Waals surface area contributed by atoms with E-state index < -0.39 is 0 Å². The van der Waals surface area contributed by atoms with Gasteiger partial charge in [0, 0.05) is 35.7 Å². The fourth-order valence-electron chi connectivity index (χ4n) is 2.78. The summed E-state index contributed by atoms with van der Waals surface area (Å²) in [5.41, 5.74) is 3.34. The molecule has 1 aromatic carbocycles. The molecule has 0 aliphatic carbocycles. The molecule has 0 radical (unpaired) electrons. The molecule has 136 valence electrons. The summed E-state index contributed by atoms with van der Waals surface area (Å²) in [4.78, 5) is 16.6. The van der Waals surface area contributed by atoms with Gasteiger partial charge in [0.2, 0.25) is 5.88 Å². The number of aryl methyl sites for hydroxylation is 2. The van der Waals surface area contributed by atoms with Crippen molar-refractivity contribution in [2.24, 2.45) is 0 Å². The fourth-order valence-corrected chi connectivity index (χ4v) is 2.78. The lowest BCUT2D eigenvalue weighted by molar-refractivity contribution is 0.251. The van der Waals surface area contributed by atoms with Crippen LogP contribution < -0.4 is 15.4 Å². The molecule has 2 heterocycles. The highest BCUT2D eigenvalue weighted by Gasteiger charge is 2.14. The van der Waals surface area contributed by atoms with Gasteiger partial charge in [-0.3, -0.25) is 0 Å². The van der Waals surface area contributed by atoms with E-state index in [-0.39, 0.29) is 6.03 Å². The molecule has 0 atom stereocenters. The van der Waals surface area contributed by atoms with Crippen LogP contribution in [-0.4, -0.2) is 23.3 Å². The van der Waals surface area contributed by atoms with Gasteiger partial charge in [0.05, 0.1) is 18.3 Å². The molecule has 2 N–H and O–H groups in total. The third-order valence-electron chi connectivity index (χ3n) is 4.16. The van der Waals surface area contributed by atoms with Crippen LogP contribution in [0.5, 0.6) is 5.88 Å². The number of pyridine rings is 1. The normalized spacial score (nSPS) is 10.7. The predicted molar refractivity (Wildman–Crippen MR) is 99.4 cm³/mol. The summed E-state index contributed by atoms with van der Waals surface area (Å²) >= 11 is 0. The van der Waals surface area contributed by atoms with E-state index in [9.17, 15) is 4.79 Å². The number of methoxy groups -OCH3 is 1. The molecule has 0 bridgehead atoms. The molecular weight excluding hydrogens is 332 g/mol. The van der Waals surface area contributed by atoms with Crippen LogP contribution in [0.4, 0.5) is 10.5 Å². The molecule has 7 nitrogen and oxygen atoms in total. The highest BCUT2D eigenvalue weighted by molar-refractivity contribution is 5.92. The summed E-state index contributed by atoms with van der Waals surface area (Å²) in [6, 6.07) is 8.94. The average molecular weight is 354 g/mol. The molecule has 0 fully saturated rings. The van der Waals surface area contributed by atoms with Crippen LogP contribution >= 0.6 is 0 Å². The molecule has 26 heavy (non-hydrogen) atoms. The van der Waals surface area contributed by atoms with Crippen molar-refractivity contribution >= 4 is 22.6 Å². The minimum absolute atomic E-state index is 0.281. The highest BCUT2D eigenvalue weighted by Crippen LogP contribution is 2.20. The Kier molecular flexibility index (Phi) is 5.36. The smallest absolute Gasteiger partial charge is 0.319 e. The number of fused-ring (bicyclic) bond motifs is 1. The third-order valence-corrected chi connectivity index (χ3v) is 4.16. The summed E-state index contributed by atoms with van der Waals surface area (Å²) < 4.78 is 10.4. The Hall–Kier alpha value is -3.09. The second kappa shape index (κ2) is 7.86. The van der Waals surface area contributed by atoms with E-state index >= 15 is 0 Å². The Balaban J connectivity index is 1.66. The SMILES string of the molecule is CCc1noc(CC)c1CNC(=O)Nc1ccc2nc(OC)ccc2c1. The van der Waals surface area contributed by atoms with E-state index in [1.807, 2.05) is 38.1 Å². The van der Waals surface area contributed by atoms with E-state index in [2.05, 4.69) is 20.8 Å². The van der Waals surface area contributed by atoms with Gasteiger partial charge in [0.25, 0.3) is 0 Å². The molecule has 0 aliphatic heterocycles. The first-order chi connectivity index (χ1) is 12.6. The van der Waals surface area contributed by atoms with Gasteiger partial charge < -0.3 is 19.9 Å². The van der Waals surface area contributed by atoms with E-state index in [0.29, 0.717) is 18.1 Å². The van der Waals surface area contributed by atoms with Gasteiger partial charge >= 0.3 is 6.03 Å². The molecular formula is C19H22N4O3. The molecule has 0 saturated heterocycles. The molecule has 0 aliphatic rings. The van der Waals surface area contributed by atoms with Crippen LogP contribution in [0.1, 0.15) is 30.9 Å². The van der Waals surface area contributed by atoms with Crippen LogP contribution in [0.2, 0.25) is 0 Å². The summed E-state index contributed by atoms with van der Waals surface area (Å²) in [5, 5.41) is 10.7. The number of aromatic nitrogens is 2. The summed E-state index contributed by atoms with van der Waals surface area (Å²) in [6.45, 7) is 4.40. The quantitative estimate of drug-likeness (QED) is 0.705. The average Bonchev–Trinajstić information content (AvgIpc) is 3.07. The second-order valence-electron chi connectivity index (χ2n) is 5.81. The Morgan fingerprint density at radius 1 is 1.19 bits per heavy atom. The minimum Gasteiger partial charge on any atom is -0.481 e. The van der Waals surface area contributed by atoms with Gasteiger partial charge in [-0.25, -0.2) is 9.78 Å². The van der Waals surface area contributed by atoms with E-state index in [1.54, 1.807) is 13.2 Å². The molecule has 7 heteroatoms. The summed E-state index contributed by atoms with van der Waals surface area (Å²) in [6.07, 6.45) is 1.51. The lowest BCUT2D eigenvalue weighted by Crippen LogP contribution is -2.28. The van der Waals surface area contributed by atoms with Gasteiger partial charge in [-0.15, -0.1) is 0 Å². The van der Waals surface area contributed by atoms with Crippen molar-refractivity contribution in [2.45, 2.75) is 33.2 Å². The molecule has 2 aromatic heterocycles. The Morgan fingerprint density at radius 2 is 2.04 bits per heavy atom. The van der Waals surface area contributed by atoms with E-state index in [1.165, 1.54) is 0 Å². The Labute approximate surface area is 151 Å². The zero-order valence-corrected chi connectivity index (χ0v) is 15.1. The lowest BCUT2D eigenvalue weighted by Gasteiger charge is -2.09. The number of benzene rings is 1. The van der Waals surface area contributed by atoms with Gasteiger partial charge in [-0.1, -0.05) is 19.0 Å². The number of rotatable bonds is 6. The van der Waals surface area contributed by atoms with Crippen molar-refractivity contribution in [1.29, 1.82) is 0 Å². The number of amides is 2. The minimum atomic E-state index is -0.281. The van der Waals surface area contributed by atoms with Crippen LogP contribution in [0.25, 0.3) is 10.9 Å². The number of carbonyl (C=O) groups is 1. The number of nitrogens with one attached hydrogen (secondary N) is 2. The van der Waals surface area contributed by atoms with Crippen molar-refractivity contribution < 1.29 is 14.1 Å². The maximum Gasteiger partial charge on any atom is 0.319 e. The number of ether oxygens (including phenoxy) is 1. The zero-order valence-electron chi connectivity index (χ0n) is 15.1. The standard InChI is InChI=1S/C19H22N4O3/c1-4-15-14(17(5-2)26-23-15)11-20-19(24)21-13-7-8-16-12(10-13)6-9-18(22-16)25-3/h6-10H,4-5,11H2,1-3H3,(H2,20,21,24). The van der Waals surface area contributed by atoms with E-state index in [4.69, 9.17) is 9.26 Å². The van der Waals surface area contributed by atoms with Crippen LogP contribution in [0.3, 0.4) is 0 Å². The molecule has 3 aromatic rings. The van der Waals surface area contributed by atoms with Gasteiger partial charge in [-0.2, -0.15) is 0 Å². The van der Waals surface area contributed by atoms with Crippen molar-refractivity contribution in [1.82, 2.24) is 15.5 Å². The number of nitrogens with zero attached hydrogens (tertiary/aromatic N) is 2. The number of hydrogen-bond acceptors (Lipinski definition) is 5. The first kappa shape index (κ1) is 17.7. The maximum absolute atomic E-state index is 12.2.